The van der Waals surface area contributed by atoms with Crippen molar-refractivity contribution >= 4 is 11.8 Å². The van der Waals surface area contributed by atoms with Crippen LogP contribution in [-0.2, 0) is 9.59 Å². The van der Waals surface area contributed by atoms with Crippen molar-refractivity contribution in [2.45, 2.75) is 32.2 Å². The summed E-state index contributed by atoms with van der Waals surface area (Å²) in [5.74, 6) is -0.134. The van der Waals surface area contributed by atoms with E-state index < -0.39 is 0 Å². The van der Waals surface area contributed by atoms with E-state index in [9.17, 15) is 9.59 Å². The van der Waals surface area contributed by atoms with Crippen LogP contribution in [0.2, 0.25) is 0 Å². The average Bonchev–Trinajstić information content (AvgIpc) is 2.63. The predicted octanol–water partition coefficient (Wildman–Crippen LogP) is -0.504. The largest absolute Gasteiger partial charge is 0.395 e. The fourth-order valence-electron chi connectivity index (χ4n) is 1.74. The molecule has 0 radical (unpaired) electrons. The van der Waals surface area contributed by atoms with Gasteiger partial charge >= 0.3 is 0 Å². The SMILES string of the molecule is CCCN(CCO)C(=O)[C@H]1CCC(=O)N1. The zero-order valence-corrected chi connectivity index (χ0v) is 9.03. The second-order valence-corrected chi connectivity index (χ2v) is 3.71. The summed E-state index contributed by atoms with van der Waals surface area (Å²) in [6, 6.07) is -0.379. The predicted molar refractivity (Wildman–Crippen MR) is 55.1 cm³/mol. The van der Waals surface area contributed by atoms with Crippen LogP contribution in [0.15, 0.2) is 0 Å². The Bertz CT molecular complexity index is 237. The molecule has 5 heteroatoms. The van der Waals surface area contributed by atoms with Crippen molar-refractivity contribution in [2.75, 3.05) is 19.7 Å². The van der Waals surface area contributed by atoms with Crippen molar-refractivity contribution in [3.63, 3.8) is 0 Å². The van der Waals surface area contributed by atoms with Crippen LogP contribution in [0.4, 0.5) is 0 Å². The molecule has 0 aromatic rings. The first-order chi connectivity index (χ1) is 7.19. The van der Waals surface area contributed by atoms with E-state index in [0.717, 1.165) is 6.42 Å². The van der Waals surface area contributed by atoms with Crippen LogP contribution in [0, 0.1) is 0 Å². The number of hydrogen-bond donors (Lipinski definition) is 2. The number of carbonyl (C=O) groups is 2. The van der Waals surface area contributed by atoms with Gasteiger partial charge in [0.25, 0.3) is 0 Å². The molecule has 0 bridgehead atoms. The van der Waals surface area contributed by atoms with Crippen LogP contribution in [0.1, 0.15) is 26.2 Å². The van der Waals surface area contributed by atoms with E-state index >= 15 is 0 Å². The minimum atomic E-state index is -0.379. The number of amides is 2. The summed E-state index contributed by atoms with van der Waals surface area (Å²) in [5.41, 5.74) is 0. The Balaban J connectivity index is 2.51. The molecule has 0 aromatic carbocycles. The molecule has 15 heavy (non-hydrogen) atoms. The molecule has 0 spiro atoms. The normalized spacial score (nSPS) is 20.1. The highest BCUT2D eigenvalue weighted by Gasteiger charge is 2.30. The Labute approximate surface area is 89.4 Å². The highest BCUT2D eigenvalue weighted by atomic mass is 16.3. The van der Waals surface area contributed by atoms with Crippen LogP contribution in [0.3, 0.4) is 0 Å². The lowest BCUT2D eigenvalue weighted by Gasteiger charge is -2.24. The Kier molecular flexibility index (Phi) is 4.55. The average molecular weight is 214 g/mol. The molecular weight excluding hydrogens is 196 g/mol. The third-order valence-corrected chi connectivity index (χ3v) is 2.47. The van der Waals surface area contributed by atoms with Crippen molar-refractivity contribution in [3.8, 4) is 0 Å². The first-order valence-electron chi connectivity index (χ1n) is 5.38. The molecule has 1 aliphatic heterocycles. The molecular formula is C10H18N2O3. The minimum absolute atomic E-state index is 0.0353. The molecule has 0 saturated carbocycles. The first kappa shape index (κ1) is 12.0. The number of hydrogen-bond acceptors (Lipinski definition) is 3. The quantitative estimate of drug-likeness (QED) is 0.648. The Hall–Kier alpha value is -1.10. The van der Waals surface area contributed by atoms with Gasteiger partial charge in [-0.2, -0.15) is 0 Å². The Morgan fingerprint density at radius 1 is 1.60 bits per heavy atom. The third-order valence-electron chi connectivity index (χ3n) is 2.47. The van der Waals surface area contributed by atoms with Crippen LogP contribution < -0.4 is 5.32 Å². The lowest BCUT2D eigenvalue weighted by atomic mass is 10.2. The molecule has 0 unspecified atom stereocenters. The molecule has 2 amide bonds. The fourth-order valence-corrected chi connectivity index (χ4v) is 1.74. The van der Waals surface area contributed by atoms with E-state index in [1.165, 1.54) is 0 Å². The summed E-state index contributed by atoms with van der Waals surface area (Å²) >= 11 is 0. The highest BCUT2D eigenvalue weighted by Crippen LogP contribution is 2.10. The fraction of sp³-hybridized carbons (Fsp3) is 0.800. The number of nitrogens with one attached hydrogen (secondary N) is 1. The van der Waals surface area contributed by atoms with Crippen LogP contribution in [0.5, 0.6) is 0 Å². The highest BCUT2D eigenvalue weighted by molar-refractivity contribution is 5.90. The van der Waals surface area contributed by atoms with Crippen LogP contribution in [0.25, 0.3) is 0 Å². The minimum Gasteiger partial charge on any atom is -0.395 e. The number of aliphatic hydroxyl groups is 1. The van der Waals surface area contributed by atoms with Crippen LogP contribution in [-0.4, -0.2) is 47.6 Å². The van der Waals surface area contributed by atoms with Crippen molar-refractivity contribution in [3.05, 3.63) is 0 Å². The molecule has 1 saturated heterocycles. The van der Waals surface area contributed by atoms with E-state index in [0.29, 0.717) is 25.9 Å². The van der Waals surface area contributed by atoms with Gasteiger partial charge in [-0.3, -0.25) is 9.59 Å². The van der Waals surface area contributed by atoms with E-state index in [-0.39, 0.29) is 24.5 Å². The van der Waals surface area contributed by atoms with Crippen molar-refractivity contribution < 1.29 is 14.7 Å². The molecule has 1 heterocycles. The van der Waals surface area contributed by atoms with Gasteiger partial charge in [-0.05, 0) is 12.8 Å². The molecule has 1 aliphatic rings. The zero-order valence-electron chi connectivity index (χ0n) is 9.03. The molecule has 2 N–H and O–H groups in total. The van der Waals surface area contributed by atoms with Gasteiger partial charge in [-0.15, -0.1) is 0 Å². The molecule has 86 valence electrons. The summed E-state index contributed by atoms with van der Waals surface area (Å²) in [4.78, 5) is 24.4. The van der Waals surface area contributed by atoms with Gasteiger partial charge < -0.3 is 15.3 Å². The smallest absolute Gasteiger partial charge is 0.245 e. The molecule has 1 rings (SSSR count). The van der Waals surface area contributed by atoms with Gasteiger partial charge in [0.15, 0.2) is 0 Å². The summed E-state index contributed by atoms with van der Waals surface area (Å²) in [6.45, 7) is 2.92. The molecule has 1 atom stereocenters. The topological polar surface area (TPSA) is 69.6 Å². The summed E-state index contributed by atoms with van der Waals surface area (Å²) < 4.78 is 0. The van der Waals surface area contributed by atoms with Gasteiger partial charge in [0.05, 0.1) is 6.61 Å². The maximum Gasteiger partial charge on any atom is 0.245 e. The van der Waals surface area contributed by atoms with Gasteiger partial charge in [0.2, 0.25) is 11.8 Å². The second kappa shape index (κ2) is 5.70. The number of nitrogens with zero attached hydrogens (tertiary/aromatic N) is 1. The van der Waals surface area contributed by atoms with Gasteiger partial charge in [0, 0.05) is 19.5 Å². The van der Waals surface area contributed by atoms with E-state index in [1.807, 2.05) is 6.92 Å². The summed E-state index contributed by atoms with van der Waals surface area (Å²) in [7, 11) is 0. The molecule has 1 fully saturated rings. The lowest BCUT2D eigenvalue weighted by molar-refractivity contribution is -0.134. The van der Waals surface area contributed by atoms with Crippen LogP contribution >= 0.6 is 0 Å². The van der Waals surface area contributed by atoms with E-state index in [1.54, 1.807) is 4.90 Å². The van der Waals surface area contributed by atoms with Crippen molar-refractivity contribution in [1.82, 2.24) is 10.2 Å². The zero-order chi connectivity index (χ0) is 11.3. The Morgan fingerprint density at radius 3 is 2.80 bits per heavy atom. The van der Waals surface area contributed by atoms with E-state index in [4.69, 9.17) is 5.11 Å². The number of rotatable bonds is 5. The van der Waals surface area contributed by atoms with E-state index in [2.05, 4.69) is 5.32 Å². The molecule has 5 nitrogen and oxygen atoms in total. The van der Waals surface area contributed by atoms with Crippen molar-refractivity contribution in [1.29, 1.82) is 0 Å². The maximum absolute atomic E-state index is 11.9. The number of carbonyl (C=O) groups excluding carboxylic acids is 2. The summed E-state index contributed by atoms with van der Waals surface area (Å²) in [5, 5.41) is 11.5. The molecule has 0 aliphatic carbocycles. The van der Waals surface area contributed by atoms with Crippen molar-refractivity contribution in [2.24, 2.45) is 0 Å². The Morgan fingerprint density at radius 2 is 2.33 bits per heavy atom. The molecule has 0 aromatic heterocycles. The lowest BCUT2D eigenvalue weighted by Crippen LogP contribution is -2.45. The second-order valence-electron chi connectivity index (χ2n) is 3.71. The van der Waals surface area contributed by atoms with Gasteiger partial charge in [-0.25, -0.2) is 0 Å². The summed E-state index contributed by atoms with van der Waals surface area (Å²) in [6.07, 6.45) is 1.85. The van der Waals surface area contributed by atoms with Gasteiger partial charge in [-0.1, -0.05) is 6.92 Å². The first-order valence-corrected chi connectivity index (χ1v) is 5.38. The number of aliphatic hydroxyl groups excluding tert-OH is 1. The van der Waals surface area contributed by atoms with Gasteiger partial charge in [0.1, 0.15) is 6.04 Å². The maximum atomic E-state index is 11.9. The third kappa shape index (κ3) is 3.20. The standard InChI is InChI=1S/C10H18N2O3/c1-2-5-12(6-7-13)10(15)8-3-4-9(14)11-8/h8,13H,2-7H2,1H3,(H,11,14)/t8-/m1/s1. The monoisotopic (exact) mass is 214 g/mol.